The molecule has 0 bridgehead atoms. The van der Waals surface area contributed by atoms with Crippen LogP contribution >= 0.6 is 0 Å². The molecule has 4 rings (SSSR count). The lowest BCUT2D eigenvalue weighted by molar-refractivity contribution is -0.325. The van der Waals surface area contributed by atoms with E-state index in [2.05, 4.69) is 0 Å². The minimum atomic E-state index is -1.91. The molecule has 2 aromatic rings. The maximum Gasteiger partial charge on any atom is 0.330 e. The summed E-state index contributed by atoms with van der Waals surface area (Å²) in [6.07, 6.45) is -12.6. The van der Waals surface area contributed by atoms with Gasteiger partial charge in [0.1, 0.15) is 67.8 Å². The van der Waals surface area contributed by atoms with Crippen LogP contribution in [0.3, 0.4) is 0 Å². The lowest BCUT2D eigenvalue weighted by Gasteiger charge is -2.43. The van der Waals surface area contributed by atoms with Gasteiger partial charge in [-0.05, 0) is 54.5 Å². The predicted octanol–water partition coefficient (Wildman–Crippen LogP) is -1.15. The molecular weight excluding hydrogens is 776 g/mol. The topological polar surface area (TPSA) is 307 Å². The number of methoxy groups -OCH3 is 2. The van der Waals surface area contributed by atoms with Crippen LogP contribution in [0.15, 0.2) is 48.6 Å². The fraction of sp³-hybridized carbons (Fsp3) is 0.500. The van der Waals surface area contributed by atoms with Gasteiger partial charge in [-0.25, -0.2) is 4.79 Å². The van der Waals surface area contributed by atoms with Crippen LogP contribution in [0.1, 0.15) is 30.9 Å². The number of carbonyl (C=O) groups is 3. The second-order valence-electron chi connectivity index (χ2n) is 13.5. The smallest absolute Gasteiger partial charge is 0.330 e. The molecule has 20 heteroatoms. The Balaban J connectivity index is 1.36. The van der Waals surface area contributed by atoms with Gasteiger partial charge in [0.05, 0.1) is 39.3 Å². The summed E-state index contributed by atoms with van der Waals surface area (Å²) < 4.78 is 43.7. The van der Waals surface area contributed by atoms with Crippen molar-refractivity contribution in [3.8, 4) is 23.0 Å². The van der Waals surface area contributed by atoms with Crippen LogP contribution in [0.2, 0.25) is 0 Å². The first kappa shape index (κ1) is 45.8. The van der Waals surface area contributed by atoms with Gasteiger partial charge in [-0.2, -0.15) is 0 Å². The Labute approximate surface area is 331 Å². The third kappa shape index (κ3) is 12.1. The summed E-state index contributed by atoms with van der Waals surface area (Å²) >= 11 is 0. The number of rotatable bonds is 18. The van der Waals surface area contributed by atoms with Gasteiger partial charge in [0.15, 0.2) is 17.8 Å². The van der Waals surface area contributed by atoms with E-state index < -0.39 is 111 Å². The zero-order chi connectivity index (χ0) is 42.7. The van der Waals surface area contributed by atoms with Crippen LogP contribution in [0, 0.1) is 0 Å². The van der Waals surface area contributed by atoms with Crippen LogP contribution < -0.4 is 14.2 Å². The molecule has 0 amide bonds. The summed E-state index contributed by atoms with van der Waals surface area (Å²) in [5.41, 5.74) is -0.867. The van der Waals surface area contributed by atoms with Crippen LogP contribution in [0.4, 0.5) is 0 Å². The molecule has 0 spiro atoms. The molecule has 9 N–H and O–H groups in total. The molecule has 20 nitrogen and oxygen atoms in total. The van der Waals surface area contributed by atoms with E-state index in [1.807, 2.05) is 0 Å². The van der Waals surface area contributed by atoms with E-state index in [0.717, 1.165) is 6.08 Å². The van der Waals surface area contributed by atoms with Gasteiger partial charge in [-0.1, -0.05) is 18.2 Å². The number of aliphatic carboxylic acids is 1. The van der Waals surface area contributed by atoms with Crippen molar-refractivity contribution in [2.24, 2.45) is 0 Å². The summed E-state index contributed by atoms with van der Waals surface area (Å²) in [4.78, 5) is 37.0. The number of aromatic hydroxyl groups is 1. The Morgan fingerprint density at radius 3 is 1.93 bits per heavy atom. The highest BCUT2D eigenvalue weighted by atomic mass is 16.7. The zero-order valence-corrected chi connectivity index (χ0v) is 31.6. The van der Waals surface area contributed by atoms with Gasteiger partial charge in [0, 0.05) is 6.08 Å². The lowest BCUT2D eigenvalue weighted by Crippen LogP contribution is -2.61. The van der Waals surface area contributed by atoms with Gasteiger partial charge < -0.3 is 83.9 Å². The van der Waals surface area contributed by atoms with Crippen LogP contribution in [0.25, 0.3) is 12.2 Å². The van der Waals surface area contributed by atoms with E-state index >= 15 is 0 Å². The molecule has 2 saturated heterocycles. The Hall–Kier alpha value is -4.87. The van der Waals surface area contributed by atoms with Crippen molar-refractivity contribution in [3.05, 3.63) is 59.7 Å². The largest absolute Gasteiger partial charge is 0.508 e. The monoisotopic (exact) mass is 824 g/mol. The van der Waals surface area contributed by atoms with E-state index in [4.69, 9.17) is 37.9 Å². The minimum absolute atomic E-state index is 0.0294. The fourth-order valence-electron chi connectivity index (χ4n) is 5.93. The molecule has 0 radical (unpaired) electrons. The van der Waals surface area contributed by atoms with Crippen molar-refractivity contribution in [2.45, 2.75) is 86.8 Å². The number of hydrogen-bond donors (Lipinski definition) is 9. The number of aliphatic hydroxyl groups is 7. The summed E-state index contributed by atoms with van der Waals surface area (Å²) in [5.74, 6) is -3.02. The molecule has 2 aliphatic rings. The zero-order valence-electron chi connectivity index (χ0n) is 31.6. The Morgan fingerprint density at radius 1 is 0.759 bits per heavy atom. The Kier molecular flexibility index (Phi) is 16.4. The minimum Gasteiger partial charge on any atom is -0.508 e. The van der Waals surface area contributed by atoms with Crippen molar-refractivity contribution in [3.63, 3.8) is 0 Å². The summed E-state index contributed by atoms with van der Waals surface area (Å²) in [5, 5.41) is 90.7. The summed E-state index contributed by atoms with van der Waals surface area (Å²) in [6.45, 7) is -0.366. The molecule has 0 saturated carbocycles. The molecule has 2 aliphatic heterocycles. The molecule has 0 aromatic heterocycles. The lowest BCUT2D eigenvalue weighted by atomic mass is 9.95. The van der Waals surface area contributed by atoms with E-state index in [0.29, 0.717) is 11.1 Å². The average Bonchev–Trinajstić information content (AvgIpc) is 3.18. The number of carbonyl (C=O) groups excluding carboxylic acids is 2. The highest BCUT2D eigenvalue weighted by Gasteiger charge is 2.48. The summed E-state index contributed by atoms with van der Waals surface area (Å²) in [7, 11) is 2.63. The third-order valence-electron chi connectivity index (χ3n) is 9.02. The Bertz CT molecular complexity index is 1720. The van der Waals surface area contributed by atoms with E-state index in [1.165, 1.54) is 63.6 Å². The van der Waals surface area contributed by atoms with E-state index in [1.54, 1.807) is 12.1 Å². The third-order valence-corrected chi connectivity index (χ3v) is 9.02. The molecule has 0 unspecified atom stereocenters. The van der Waals surface area contributed by atoms with Crippen molar-refractivity contribution in [1.29, 1.82) is 0 Å². The quantitative estimate of drug-likeness (QED) is 0.0633. The van der Waals surface area contributed by atoms with E-state index in [-0.39, 0.29) is 29.6 Å². The number of esters is 2. The highest BCUT2D eigenvalue weighted by Crippen LogP contribution is 2.41. The molecular formula is C38H48O20. The van der Waals surface area contributed by atoms with Crippen LogP contribution in [0.5, 0.6) is 23.0 Å². The first-order chi connectivity index (χ1) is 27.5. The van der Waals surface area contributed by atoms with Gasteiger partial charge >= 0.3 is 17.9 Å². The van der Waals surface area contributed by atoms with Crippen LogP contribution in [-0.4, -0.2) is 165 Å². The number of carboxylic acids is 1. The molecule has 2 heterocycles. The van der Waals surface area contributed by atoms with Crippen molar-refractivity contribution >= 4 is 30.1 Å². The second kappa shape index (κ2) is 20.7. The highest BCUT2D eigenvalue weighted by molar-refractivity contribution is 5.87. The molecule has 58 heavy (non-hydrogen) atoms. The second-order valence-corrected chi connectivity index (χ2v) is 13.5. The molecule has 2 aromatic carbocycles. The fourth-order valence-corrected chi connectivity index (χ4v) is 5.93. The Morgan fingerprint density at radius 2 is 1.34 bits per heavy atom. The number of benzene rings is 2. The summed E-state index contributed by atoms with van der Waals surface area (Å²) in [6, 6.07) is 8.88. The number of carboxylic acid groups (broad SMARTS) is 1. The number of hydrogen-bond acceptors (Lipinski definition) is 19. The maximum atomic E-state index is 12.9. The first-order valence-corrected chi connectivity index (χ1v) is 17.8. The normalized spacial score (nSPS) is 28.4. The first-order valence-electron chi connectivity index (χ1n) is 17.8. The van der Waals surface area contributed by atoms with Crippen LogP contribution in [-0.2, 0) is 38.1 Å². The van der Waals surface area contributed by atoms with Gasteiger partial charge in [-0.3, -0.25) is 9.59 Å². The number of phenols is 1. The number of phenolic OH excluding ortho intramolecular Hbond substituents is 1. The predicted molar refractivity (Wildman–Crippen MR) is 195 cm³/mol. The van der Waals surface area contributed by atoms with Crippen molar-refractivity contribution in [2.75, 3.05) is 34.0 Å². The molecule has 320 valence electrons. The number of ether oxygens (including phenoxy) is 8. The van der Waals surface area contributed by atoms with E-state index in [9.17, 15) is 60.3 Å². The molecule has 0 aliphatic carbocycles. The average molecular weight is 825 g/mol. The van der Waals surface area contributed by atoms with Gasteiger partial charge in [0.2, 0.25) is 12.0 Å². The van der Waals surface area contributed by atoms with Gasteiger partial charge in [0.25, 0.3) is 0 Å². The molecule has 11 atom stereocenters. The number of aliphatic hydroxyl groups excluding tert-OH is 7. The standard InChI is InChI=1S/C38H48O20/c1-38(15-26(41)42,58-37-34(50)32(48)30(46)25(56-37)18-54-27(43)11-8-19-6-9-21(40)10-7-19)16-28(44)53-12-4-5-20-13-22(51-2)35(23(14-20)52-3)57-36-33(49)31(47)29(45)24(17-39)55-36/h4-11,13-14,24-25,29-34,36-37,39-40,45-50H,12,15-18H2,1-3H3,(H,41,42)/b5-4+,11-8-/t24-,25-,29-,30-,31+,32+,33-,34-,36+,37+,38+/m1/s1. The SMILES string of the molecule is COc1cc(/C=C/COC(=O)C[C@](C)(CC(=O)O)O[C@@H]2O[C@H](COC(=O)/C=C\c3ccc(O)cc3)[C@@H](O)[C@H](O)[C@H]2O)cc(OC)c1O[C@@H]1O[C@H](CO)[C@@H](O)[C@H](O)[C@H]1O. The van der Waals surface area contributed by atoms with Crippen molar-refractivity contribution < 1.29 is 98.2 Å². The maximum absolute atomic E-state index is 12.9. The van der Waals surface area contributed by atoms with Crippen molar-refractivity contribution in [1.82, 2.24) is 0 Å². The van der Waals surface area contributed by atoms with Gasteiger partial charge in [-0.15, -0.1) is 0 Å². The molecule has 2 fully saturated rings.